The lowest BCUT2D eigenvalue weighted by molar-refractivity contribution is -0.140. The Morgan fingerprint density at radius 1 is 1.45 bits per heavy atom. The van der Waals surface area contributed by atoms with Crippen LogP contribution in [0.2, 0.25) is 0 Å². The van der Waals surface area contributed by atoms with Crippen LogP contribution in [0.25, 0.3) is 0 Å². The maximum absolute atomic E-state index is 12.3. The highest BCUT2D eigenvalue weighted by Crippen LogP contribution is 2.24. The molecule has 0 bridgehead atoms. The largest absolute Gasteiger partial charge is 0.481 e. The molecule has 0 spiro atoms. The van der Waals surface area contributed by atoms with Crippen LogP contribution in [-0.2, 0) is 19.1 Å². The quantitative estimate of drug-likeness (QED) is 0.731. The molecule has 1 saturated heterocycles. The van der Waals surface area contributed by atoms with E-state index in [1.165, 1.54) is 7.11 Å². The van der Waals surface area contributed by atoms with Crippen LogP contribution in [0.3, 0.4) is 0 Å². The lowest BCUT2D eigenvalue weighted by Crippen LogP contribution is -2.53. The Morgan fingerprint density at radius 2 is 2.05 bits per heavy atom. The fourth-order valence-electron chi connectivity index (χ4n) is 2.62. The molecule has 6 heteroatoms. The van der Waals surface area contributed by atoms with E-state index in [2.05, 4.69) is 5.32 Å². The number of hydrogen-bond donors (Lipinski definition) is 2. The van der Waals surface area contributed by atoms with Gasteiger partial charge in [-0.15, -0.1) is 0 Å². The topological polar surface area (TPSA) is 84.9 Å². The van der Waals surface area contributed by atoms with E-state index in [0.29, 0.717) is 19.1 Å². The van der Waals surface area contributed by atoms with Crippen LogP contribution in [0, 0.1) is 11.8 Å². The molecule has 0 radical (unpaired) electrons. The summed E-state index contributed by atoms with van der Waals surface area (Å²) in [6, 6.07) is 0. The number of carboxylic acids is 1. The fourth-order valence-corrected chi connectivity index (χ4v) is 2.62. The van der Waals surface area contributed by atoms with Gasteiger partial charge in [-0.05, 0) is 25.7 Å². The first-order valence-corrected chi connectivity index (χ1v) is 6.98. The van der Waals surface area contributed by atoms with E-state index in [9.17, 15) is 9.59 Å². The van der Waals surface area contributed by atoms with Gasteiger partial charge in [0.05, 0.1) is 18.6 Å². The summed E-state index contributed by atoms with van der Waals surface area (Å²) in [5.41, 5.74) is -0.878. The van der Waals surface area contributed by atoms with Crippen molar-refractivity contribution in [2.75, 3.05) is 26.9 Å². The van der Waals surface area contributed by atoms with E-state index in [4.69, 9.17) is 14.6 Å². The van der Waals surface area contributed by atoms with Crippen molar-refractivity contribution in [2.45, 2.75) is 38.6 Å². The van der Waals surface area contributed by atoms with Gasteiger partial charge in [0, 0.05) is 26.2 Å². The molecule has 1 aliphatic heterocycles. The van der Waals surface area contributed by atoms with Crippen molar-refractivity contribution in [3.05, 3.63) is 0 Å². The number of nitrogens with one attached hydrogen (secondary N) is 1. The summed E-state index contributed by atoms with van der Waals surface area (Å²) in [4.78, 5) is 23.2. The predicted octanol–water partition coefficient (Wildman–Crippen LogP) is 1.05. The molecule has 0 aromatic heterocycles. The second-order valence-corrected chi connectivity index (χ2v) is 5.79. The van der Waals surface area contributed by atoms with Crippen LogP contribution >= 0.6 is 0 Å². The van der Waals surface area contributed by atoms with E-state index in [1.807, 2.05) is 6.92 Å². The molecule has 1 rings (SSSR count). The van der Waals surface area contributed by atoms with Gasteiger partial charge in [-0.3, -0.25) is 9.59 Å². The molecular formula is C14H25NO5. The number of hydrogen-bond acceptors (Lipinski definition) is 4. The number of carbonyl (C=O) groups is 2. The monoisotopic (exact) mass is 287 g/mol. The Balaban J connectivity index is 2.61. The van der Waals surface area contributed by atoms with Crippen molar-refractivity contribution < 1.29 is 24.2 Å². The summed E-state index contributed by atoms with van der Waals surface area (Å²) in [5.74, 6) is -0.925. The number of ether oxygens (including phenoxy) is 2. The number of carbonyl (C=O) groups excluding carboxylic acids is 1. The van der Waals surface area contributed by atoms with Gasteiger partial charge in [0.2, 0.25) is 5.91 Å². The summed E-state index contributed by atoms with van der Waals surface area (Å²) >= 11 is 0. The maximum Gasteiger partial charge on any atom is 0.305 e. The first-order chi connectivity index (χ1) is 9.38. The second-order valence-electron chi connectivity index (χ2n) is 5.79. The van der Waals surface area contributed by atoms with Crippen molar-refractivity contribution in [3.63, 3.8) is 0 Å². The van der Waals surface area contributed by atoms with Gasteiger partial charge >= 0.3 is 5.97 Å². The van der Waals surface area contributed by atoms with Crippen LogP contribution in [0.1, 0.15) is 33.1 Å². The Hall–Kier alpha value is -1.14. The van der Waals surface area contributed by atoms with Gasteiger partial charge in [-0.2, -0.15) is 0 Å². The highest BCUT2D eigenvalue weighted by molar-refractivity contribution is 5.80. The second kappa shape index (κ2) is 7.59. The van der Waals surface area contributed by atoms with Gasteiger partial charge in [0.1, 0.15) is 0 Å². The van der Waals surface area contributed by atoms with Crippen molar-refractivity contribution in [2.24, 2.45) is 11.8 Å². The van der Waals surface area contributed by atoms with E-state index < -0.39 is 11.5 Å². The van der Waals surface area contributed by atoms with Gasteiger partial charge in [0.25, 0.3) is 0 Å². The molecular weight excluding hydrogens is 262 g/mol. The molecule has 20 heavy (non-hydrogen) atoms. The zero-order chi connectivity index (χ0) is 15.2. The number of amides is 1. The van der Waals surface area contributed by atoms with Gasteiger partial charge in [0.15, 0.2) is 0 Å². The third-order valence-electron chi connectivity index (χ3n) is 3.82. The highest BCUT2D eigenvalue weighted by atomic mass is 16.5. The van der Waals surface area contributed by atoms with Gasteiger partial charge in [-0.25, -0.2) is 0 Å². The number of aliphatic carboxylic acids is 1. The lowest BCUT2D eigenvalue weighted by atomic mass is 9.86. The van der Waals surface area contributed by atoms with Crippen molar-refractivity contribution in [3.8, 4) is 0 Å². The Kier molecular flexibility index (Phi) is 6.42. The number of carboxylic acid groups (broad SMARTS) is 1. The summed E-state index contributed by atoms with van der Waals surface area (Å²) in [5, 5.41) is 11.8. The molecule has 1 aliphatic rings. The summed E-state index contributed by atoms with van der Waals surface area (Å²) in [7, 11) is 1.49. The third-order valence-corrected chi connectivity index (χ3v) is 3.82. The average molecular weight is 287 g/mol. The smallest absolute Gasteiger partial charge is 0.305 e. The van der Waals surface area contributed by atoms with Gasteiger partial charge in [-0.1, -0.05) is 6.92 Å². The predicted molar refractivity (Wildman–Crippen MR) is 73.4 cm³/mol. The first kappa shape index (κ1) is 16.9. The minimum Gasteiger partial charge on any atom is -0.481 e. The molecule has 2 atom stereocenters. The van der Waals surface area contributed by atoms with Crippen LogP contribution in [0.15, 0.2) is 0 Å². The molecule has 116 valence electrons. The minimum atomic E-state index is -0.955. The van der Waals surface area contributed by atoms with Crippen molar-refractivity contribution in [1.29, 1.82) is 0 Å². The number of methoxy groups -OCH3 is 1. The molecule has 2 N–H and O–H groups in total. The Bertz CT molecular complexity index is 340. The summed E-state index contributed by atoms with van der Waals surface area (Å²) < 4.78 is 10.3. The highest BCUT2D eigenvalue weighted by Gasteiger charge is 2.33. The fraction of sp³-hybridized carbons (Fsp3) is 0.857. The van der Waals surface area contributed by atoms with E-state index in [0.717, 1.165) is 12.8 Å². The normalized spacial score (nSPS) is 20.9. The number of rotatable bonds is 7. The molecule has 6 nitrogen and oxygen atoms in total. The van der Waals surface area contributed by atoms with E-state index in [-0.39, 0.29) is 24.9 Å². The van der Waals surface area contributed by atoms with E-state index in [1.54, 1.807) is 6.92 Å². The molecule has 0 saturated carbocycles. The van der Waals surface area contributed by atoms with Crippen molar-refractivity contribution in [1.82, 2.24) is 5.32 Å². The zero-order valence-electron chi connectivity index (χ0n) is 12.5. The zero-order valence-corrected chi connectivity index (χ0v) is 12.5. The standard InChI is InChI=1S/C14H25NO5/c1-10(11-4-6-20-7-5-11)13(18)15-14(2,9-19-3)8-12(16)17/h10-11H,4-9H2,1-3H3,(H,15,18)(H,16,17). The SMILES string of the molecule is COCC(C)(CC(=O)O)NC(=O)C(C)C1CCOCC1. The minimum absolute atomic E-state index is 0.113. The van der Waals surface area contributed by atoms with Crippen LogP contribution in [0.5, 0.6) is 0 Å². The first-order valence-electron chi connectivity index (χ1n) is 6.98. The van der Waals surface area contributed by atoms with Gasteiger partial charge < -0.3 is 19.9 Å². The lowest BCUT2D eigenvalue weighted by Gasteiger charge is -2.33. The third kappa shape index (κ3) is 5.09. The summed E-state index contributed by atoms with van der Waals surface area (Å²) in [6.45, 7) is 5.13. The molecule has 1 heterocycles. The molecule has 0 aromatic carbocycles. The maximum atomic E-state index is 12.3. The summed E-state index contributed by atoms with van der Waals surface area (Å²) in [6.07, 6.45) is 1.58. The van der Waals surface area contributed by atoms with Crippen LogP contribution < -0.4 is 5.32 Å². The Morgan fingerprint density at radius 3 is 2.55 bits per heavy atom. The average Bonchev–Trinajstić information content (AvgIpc) is 2.37. The molecule has 0 aliphatic carbocycles. The van der Waals surface area contributed by atoms with Crippen LogP contribution in [-0.4, -0.2) is 49.5 Å². The van der Waals surface area contributed by atoms with E-state index >= 15 is 0 Å². The molecule has 1 amide bonds. The van der Waals surface area contributed by atoms with Crippen LogP contribution in [0.4, 0.5) is 0 Å². The molecule has 2 unspecified atom stereocenters. The van der Waals surface area contributed by atoms with Crippen molar-refractivity contribution >= 4 is 11.9 Å². The molecule has 0 aromatic rings. The molecule has 1 fully saturated rings. The Labute approximate surface area is 119 Å².